The summed E-state index contributed by atoms with van der Waals surface area (Å²) >= 11 is 1.52. The highest BCUT2D eigenvalue weighted by atomic mass is 32.2. The quantitative estimate of drug-likeness (QED) is 0.392. The summed E-state index contributed by atoms with van der Waals surface area (Å²) in [6.45, 7) is 2.09. The molecule has 1 heterocycles. The van der Waals surface area contributed by atoms with E-state index in [9.17, 15) is 4.79 Å². The van der Waals surface area contributed by atoms with Crippen LogP contribution in [0.5, 0.6) is 0 Å². The van der Waals surface area contributed by atoms with Crippen molar-refractivity contribution < 1.29 is 0 Å². The normalized spacial score (nSPS) is 11.8. The number of nitrogens with one attached hydrogen (secondary N) is 2. The molecule has 3 aromatic rings. The van der Waals surface area contributed by atoms with Crippen molar-refractivity contribution in [1.82, 2.24) is 9.55 Å². The Hall–Kier alpha value is -2.86. The number of para-hydroxylation sites is 1. The van der Waals surface area contributed by atoms with Gasteiger partial charge in [-0.1, -0.05) is 60.3 Å². The molecule has 0 aliphatic carbocycles. The minimum atomic E-state index is -0.256. The second-order valence-corrected chi connectivity index (χ2v) is 7.01. The fourth-order valence-electron chi connectivity index (χ4n) is 2.67. The highest BCUT2D eigenvalue weighted by Crippen LogP contribution is 2.34. The van der Waals surface area contributed by atoms with E-state index in [-0.39, 0.29) is 16.4 Å². The Morgan fingerprint density at radius 2 is 1.73 bits per heavy atom. The van der Waals surface area contributed by atoms with Gasteiger partial charge in [0.15, 0.2) is 5.16 Å². The Balaban J connectivity index is 2.15. The Kier molecular flexibility index (Phi) is 5.53. The van der Waals surface area contributed by atoms with Crippen molar-refractivity contribution in [2.75, 3.05) is 12.4 Å². The summed E-state index contributed by atoms with van der Waals surface area (Å²) in [6, 6.07) is 19.5. The first-order valence-electron chi connectivity index (χ1n) is 8.28. The van der Waals surface area contributed by atoms with Gasteiger partial charge in [-0.05, 0) is 24.6 Å². The van der Waals surface area contributed by atoms with Gasteiger partial charge in [-0.2, -0.15) is 0 Å². The van der Waals surface area contributed by atoms with Gasteiger partial charge < -0.3 is 10.7 Å². The molecule has 5 nitrogen and oxygen atoms in total. The average Bonchev–Trinajstić information content (AvgIpc) is 2.69. The largest absolute Gasteiger partial charge is 0.372 e. The molecule has 132 valence electrons. The molecule has 0 bridgehead atoms. The third kappa shape index (κ3) is 3.55. The maximum atomic E-state index is 13.0. The summed E-state index contributed by atoms with van der Waals surface area (Å²) in [7, 11) is 1.71. The molecule has 1 aromatic heterocycles. The van der Waals surface area contributed by atoms with Crippen LogP contribution in [-0.4, -0.2) is 22.8 Å². The number of hydrogen-bond acceptors (Lipinski definition) is 5. The van der Waals surface area contributed by atoms with Crippen molar-refractivity contribution in [1.29, 1.82) is 5.41 Å². The van der Waals surface area contributed by atoms with E-state index in [2.05, 4.69) is 29.4 Å². The third-order valence-corrected chi connectivity index (χ3v) is 5.14. The van der Waals surface area contributed by atoms with Gasteiger partial charge >= 0.3 is 0 Å². The highest BCUT2D eigenvalue weighted by molar-refractivity contribution is 7.99. The molecule has 0 spiro atoms. The van der Waals surface area contributed by atoms with Crippen molar-refractivity contribution in [2.24, 2.45) is 0 Å². The predicted octanol–water partition coefficient (Wildman–Crippen LogP) is 4.13. The van der Waals surface area contributed by atoms with Crippen LogP contribution in [0.2, 0.25) is 0 Å². The number of benzene rings is 2. The molecule has 2 N–H and O–H groups in total. The fraction of sp³-hybridized carbons (Fsp3) is 0.150. The lowest BCUT2D eigenvalue weighted by molar-refractivity contribution is 0.793. The Labute approximate surface area is 156 Å². The highest BCUT2D eigenvalue weighted by Gasteiger charge is 2.19. The van der Waals surface area contributed by atoms with Gasteiger partial charge in [0.25, 0.3) is 5.56 Å². The monoisotopic (exact) mass is 364 g/mol. The maximum absolute atomic E-state index is 13.0. The standard InChI is InChI=1S/C20H20N4OS/c1-14(15-9-5-3-6-10-15)26-20-23-18(22-2)17(13-21)19(25)24(20)16-11-7-4-8-12-16/h3-14,21-22H,1-2H3. The second kappa shape index (κ2) is 8.01. The van der Waals surface area contributed by atoms with Gasteiger partial charge in [0, 0.05) is 18.5 Å². The third-order valence-electron chi connectivity index (χ3n) is 4.03. The van der Waals surface area contributed by atoms with E-state index in [1.54, 1.807) is 11.6 Å². The van der Waals surface area contributed by atoms with Crippen LogP contribution in [-0.2, 0) is 0 Å². The Morgan fingerprint density at radius 3 is 2.31 bits per heavy atom. The van der Waals surface area contributed by atoms with Crippen molar-refractivity contribution in [3.63, 3.8) is 0 Å². The molecule has 2 aromatic carbocycles. The van der Waals surface area contributed by atoms with Crippen LogP contribution in [0.4, 0.5) is 5.82 Å². The van der Waals surface area contributed by atoms with Gasteiger partial charge in [-0.25, -0.2) is 4.98 Å². The number of thioether (sulfide) groups is 1. The molecule has 1 unspecified atom stereocenters. The first kappa shape index (κ1) is 17.9. The molecule has 26 heavy (non-hydrogen) atoms. The van der Waals surface area contributed by atoms with Crippen LogP contribution >= 0.6 is 11.8 Å². The number of rotatable bonds is 6. The fourth-order valence-corrected chi connectivity index (χ4v) is 3.72. The van der Waals surface area contributed by atoms with Crippen LogP contribution in [0.1, 0.15) is 23.3 Å². The maximum Gasteiger partial charge on any atom is 0.269 e. The smallest absolute Gasteiger partial charge is 0.269 e. The minimum absolute atomic E-state index is 0.119. The van der Waals surface area contributed by atoms with E-state index in [1.807, 2.05) is 48.5 Å². The van der Waals surface area contributed by atoms with E-state index in [1.165, 1.54) is 11.8 Å². The zero-order valence-electron chi connectivity index (χ0n) is 14.6. The lowest BCUT2D eigenvalue weighted by Crippen LogP contribution is -2.26. The minimum Gasteiger partial charge on any atom is -0.372 e. The molecule has 0 saturated carbocycles. The zero-order chi connectivity index (χ0) is 18.5. The number of anilines is 1. The van der Waals surface area contributed by atoms with Crippen LogP contribution in [0.15, 0.2) is 70.6 Å². The van der Waals surface area contributed by atoms with Crippen LogP contribution in [0.3, 0.4) is 0 Å². The van der Waals surface area contributed by atoms with E-state index in [4.69, 9.17) is 5.41 Å². The van der Waals surface area contributed by atoms with Crippen LogP contribution in [0, 0.1) is 5.41 Å². The second-order valence-electron chi connectivity index (χ2n) is 5.70. The first-order chi connectivity index (χ1) is 12.7. The predicted molar refractivity (Wildman–Crippen MR) is 108 cm³/mol. The molecule has 0 aliphatic heterocycles. The van der Waals surface area contributed by atoms with Crippen LogP contribution in [0.25, 0.3) is 5.69 Å². The lowest BCUT2D eigenvalue weighted by Gasteiger charge is -2.18. The summed E-state index contributed by atoms with van der Waals surface area (Å²) in [5, 5.41) is 11.2. The van der Waals surface area contributed by atoms with E-state index < -0.39 is 0 Å². The molecule has 0 fully saturated rings. The zero-order valence-corrected chi connectivity index (χ0v) is 15.5. The van der Waals surface area contributed by atoms with Gasteiger partial charge in [-0.15, -0.1) is 0 Å². The Morgan fingerprint density at radius 1 is 1.12 bits per heavy atom. The van der Waals surface area contributed by atoms with E-state index in [0.29, 0.717) is 11.0 Å². The number of aromatic nitrogens is 2. The summed E-state index contributed by atoms with van der Waals surface area (Å²) in [6.07, 6.45) is 1.05. The molecule has 0 radical (unpaired) electrons. The molecule has 3 rings (SSSR count). The summed E-state index contributed by atoms with van der Waals surface area (Å²) in [4.78, 5) is 17.7. The van der Waals surface area contributed by atoms with Crippen molar-refractivity contribution in [3.8, 4) is 5.69 Å². The molecule has 6 heteroatoms. The molecule has 0 saturated heterocycles. The van der Waals surface area contributed by atoms with Crippen molar-refractivity contribution >= 4 is 23.8 Å². The Bertz CT molecular complexity index is 955. The van der Waals surface area contributed by atoms with Crippen LogP contribution < -0.4 is 10.9 Å². The van der Waals surface area contributed by atoms with Gasteiger partial charge in [0.1, 0.15) is 11.4 Å². The number of hydrogen-bond donors (Lipinski definition) is 2. The van der Waals surface area contributed by atoms with Gasteiger partial charge in [0.2, 0.25) is 0 Å². The molecule has 1 atom stereocenters. The van der Waals surface area contributed by atoms with E-state index in [0.717, 1.165) is 17.5 Å². The summed E-state index contributed by atoms with van der Waals surface area (Å²) in [5.41, 5.74) is 1.88. The van der Waals surface area contributed by atoms with E-state index >= 15 is 0 Å². The average molecular weight is 364 g/mol. The number of nitrogens with zero attached hydrogens (tertiary/aromatic N) is 2. The topological polar surface area (TPSA) is 70.8 Å². The molecule has 0 aliphatic rings. The molecular weight excluding hydrogens is 344 g/mol. The first-order valence-corrected chi connectivity index (χ1v) is 9.16. The van der Waals surface area contributed by atoms with Crippen molar-refractivity contribution in [2.45, 2.75) is 17.3 Å². The summed E-state index contributed by atoms with van der Waals surface area (Å²) < 4.78 is 1.57. The van der Waals surface area contributed by atoms with Crippen molar-refractivity contribution in [3.05, 3.63) is 82.1 Å². The lowest BCUT2D eigenvalue weighted by atomic mass is 10.2. The SMILES string of the molecule is CNc1nc(SC(C)c2ccccc2)n(-c2ccccc2)c(=O)c1C=N. The molecule has 0 amide bonds. The molecular formula is C20H20N4OS. The summed E-state index contributed by atoms with van der Waals surface area (Å²) in [5.74, 6) is 0.417. The van der Waals surface area contributed by atoms with Gasteiger partial charge in [0.05, 0.1) is 5.69 Å². The van der Waals surface area contributed by atoms with Gasteiger partial charge in [-0.3, -0.25) is 9.36 Å².